The van der Waals surface area contributed by atoms with Gasteiger partial charge in [-0.2, -0.15) is 0 Å². The van der Waals surface area contributed by atoms with Gasteiger partial charge in [0.25, 0.3) is 5.91 Å². The Labute approximate surface area is 161 Å². The zero-order chi connectivity index (χ0) is 20.4. The van der Waals surface area contributed by atoms with Gasteiger partial charge in [-0.1, -0.05) is 39.0 Å². The third-order valence-corrected chi connectivity index (χ3v) is 4.37. The van der Waals surface area contributed by atoms with E-state index in [4.69, 9.17) is 4.74 Å². The van der Waals surface area contributed by atoms with E-state index < -0.39 is 0 Å². The van der Waals surface area contributed by atoms with Crippen LogP contribution >= 0.6 is 0 Å². The molecule has 2 N–H and O–H groups in total. The fraction of sp³-hybridized carbons (Fsp3) is 0.550. The van der Waals surface area contributed by atoms with Crippen LogP contribution in [-0.2, 0) is 14.4 Å². The van der Waals surface area contributed by atoms with E-state index in [0.29, 0.717) is 12.2 Å². The van der Waals surface area contributed by atoms with E-state index in [-0.39, 0.29) is 42.8 Å². The lowest BCUT2D eigenvalue weighted by atomic mass is 10.0. The molecule has 0 heterocycles. The van der Waals surface area contributed by atoms with Gasteiger partial charge in [0.2, 0.25) is 11.8 Å². The second-order valence-corrected chi connectivity index (χ2v) is 6.67. The molecule has 1 rings (SSSR count). The second-order valence-electron chi connectivity index (χ2n) is 6.67. The molecule has 7 nitrogen and oxygen atoms in total. The average Bonchev–Trinajstić information content (AvgIpc) is 2.67. The topological polar surface area (TPSA) is 87.7 Å². The third kappa shape index (κ3) is 7.29. The highest BCUT2D eigenvalue weighted by Gasteiger charge is 2.19. The molecule has 0 bridgehead atoms. The van der Waals surface area contributed by atoms with Crippen LogP contribution in [0.15, 0.2) is 24.3 Å². The van der Waals surface area contributed by atoms with Crippen molar-refractivity contribution in [2.24, 2.45) is 5.92 Å². The van der Waals surface area contributed by atoms with E-state index in [1.807, 2.05) is 39.0 Å². The van der Waals surface area contributed by atoms with E-state index in [1.165, 1.54) is 4.90 Å². The number of ether oxygens (including phenoxy) is 1. The van der Waals surface area contributed by atoms with Crippen LogP contribution in [0, 0.1) is 5.92 Å². The summed E-state index contributed by atoms with van der Waals surface area (Å²) in [5.74, 6) is -0.106. The zero-order valence-corrected chi connectivity index (χ0v) is 16.9. The van der Waals surface area contributed by atoms with Crippen LogP contribution in [0.3, 0.4) is 0 Å². The molecule has 3 amide bonds. The number of hydrogen-bond acceptors (Lipinski definition) is 4. The lowest BCUT2D eigenvalue weighted by molar-refractivity contribution is -0.130. The highest BCUT2D eigenvalue weighted by atomic mass is 16.5. The highest BCUT2D eigenvalue weighted by Crippen LogP contribution is 2.27. The Hall–Kier alpha value is -2.57. The smallest absolute Gasteiger partial charge is 0.259 e. The van der Waals surface area contributed by atoms with Gasteiger partial charge in [-0.15, -0.1) is 0 Å². The molecule has 0 aliphatic heterocycles. The molecule has 0 saturated carbocycles. The first-order valence-electron chi connectivity index (χ1n) is 9.29. The van der Waals surface area contributed by atoms with Gasteiger partial charge in [-0.25, -0.2) is 0 Å². The van der Waals surface area contributed by atoms with Crippen LogP contribution < -0.4 is 15.4 Å². The lowest BCUT2D eigenvalue weighted by Gasteiger charge is -2.21. The first kappa shape index (κ1) is 22.5. The quantitative estimate of drug-likeness (QED) is 0.652. The molecule has 0 aliphatic rings. The Bertz CT molecular complexity index is 646. The van der Waals surface area contributed by atoms with Gasteiger partial charge >= 0.3 is 0 Å². The SMILES string of the molecule is CCC(C)C(=O)NCC(=O)NC(CC)c1ccccc1OCC(=O)N(C)C. The molecule has 0 radical (unpaired) electrons. The summed E-state index contributed by atoms with van der Waals surface area (Å²) in [5.41, 5.74) is 0.799. The van der Waals surface area contributed by atoms with Crippen molar-refractivity contribution in [1.29, 1.82) is 0 Å². The summed E-state index contributed by atoms with van der Waals surface area (Å²) in [6, 6.07) is 7.04. The van der Waals surface area contributed by atoms with E-state index in [1.54, 1.807) is 20.2 Å². The normalized spacial score (nSPS) is 12.6. The van der Waals surface area contributed by atoms with Crippen LogP contribution in [0.25, 0.3) is 0 Å². The van der Waals surface area contributed by atoms with E-state index in [2.05, 4.69) is 10.6 Å². The summed E-state index contributed by atoms with van der Waals surface area (Å²) in [5, 5.41) is 5.57. The largest absolute Gasteiger partial charge is 0.483 e. The van der Waals surface area contributed by atoms with Gasteiger partial charge in [-0.3, -0.25) is 14.4 Å². The molecule has 150 valence electrons. The fourth-order valence-corrected chi connectivity index (χ4v) is 2.34. The van der Waals surface area contributed by atoms with Crippen molar-refractivity contribution < 1.29 is 19.1 Å². The van der Waals surface area contributed by atoms with Gasteiger partial charge in [0, 0.05) is 25.6 Å². The first-order valence-corrected chi connectivity index (χ1v) is 9.29. The minimum absolute atomic E-state index is 0.0676. The lowest BCUT2D eigenvalue weighted by Crippen LogP contribution is -2.40. The van der Waals surface area contributed by atoms with E-state index >= 15 is 0 Å². The van der Waals surface area contributed by atoms with Crippen LogP contribution in [0.5, 0.6) is 5.75 Å². The summed E-state index contributed by atoms with van der Waals surface area (Å²) in [4.78, 5) is 37.3. The number of para-hydroxylation sites is 1. The van der Waals surface area contributed by atoms with Gasteiger partial charge in [-0.05, 0) is 18.9 Å². The zero-order valence-electron chi connectivity index (χ0n) is 16.9. The van der Waals surface area contributed by atoms with Gasteiger partial charge < -0.3 is 20.3 Å². The van der Waals surface area contributed by atoms with Gasteiger partial charge in [0.15, 0.2) is 6.61 Å². The number of benzene rings is 1. The predicted molar refractivity (Wildman–Crippen MR) is 104 cm³/mol. The van der Waals surface area contributed by atoms with Crippen molar-refractivity contribution in [3.63, 3.8) is 0 Å². The minimum atomic E-state index is -0.274. The Morgan fingerprint density at radius 1 is 1.11 bits per heavy atom. The maximum atomic E-state index is 12.2. The highest BCUT2D eigenvalue weighted by molar-refractivity contribution is 5.85. The van der Waals surface area contributed by atoms with Crippen molar-refractivity contribution in [2.45, 2.75) is 39.7 Å². The Morgan fingerprint density at radius 2 is 1.78 bits per heavy atom. The Kier molecular flexibility index (Phi) is 9.33. The van der Waals surface area contributed by atoms with Gasteiger partial charge in [0.05, 0.1) is 12.6 Å². The molecule has 0 aromatic heterocycles. The summed E-state index contributed by atoms with van der Waals surface area (Å²) in [7, 11) is 3.33. The molecule has 0 aliphatic carbocycles. The van der Waals surface area contributed by atoms with Crippen LogP contribution in [0.4, 0.5) is 0 Å². The fourth-order valence-electron chi connectivity index (χ4n) is 2.34. The number of carbonyl (C=O) groups is 3. The van der Waals surface area contributed by atoms with E-state index in [9.17, 15) is 14.4 Å². The predicted octanol–water partition coefficient (Wildman–Crippen LogP) is 1.88. The first-order chi connectivity index (χ1) is 12.8. The third-order valence-electron chi connectivity index (χ3n) is 4.37. The maximum absolute atomic E-state index is 12.2. The number of rotatable bonds is 10. The Balaban J connectivity index is 2.74. The monoisotopic (exact) mass is 377 g/mol. The standard InChI is InChI=1S/C20H31N3O4/c1-6-14(3)20(26)21-12-18(24)22-16(7-2)15-10-8-9-11-17(15)27-13-19(25)23(4)5/h8-11,14,16H,6-7,12-13H2,1-5H3,(H,21,26)(H,22,24). The molecule has 0 saturated heterocycles. The minimum Gasteiger partial charge on any atom is -0.483 e. The maximum Gasteiger partial charge on any atom is 0.259 e. The molecular formula is C20H31N3O4. The number of amides is 3. The van der Waals surface area contributed by atoms with Crippen LogP contribution in [-0.4, -0.2) is 49.9 Å². The Morgan fingerprint density at radius 3 is 2.37 bits per heavy atom. The van der Waals surface area contributed by atoms with Crippen LogP contribution in [0.2, 0.25) is 0 Å². The molecular weight excluding hydrogens is 346 g/mol. The number of hydrogen-bond donors (Lipinski definition) is 2. The second kappa shape index (κ2) is 11.2. The average molecular weight is 377 g/mol. The number of nitrogens with zero attached hydrogens (tertiary/aromatic N) is 1. The van der Waals surface area contributed by atoms with E-state index in [0.717, 1.165) is 12.0 Å². The summed E-state index contributed by atoms with van der Waals surface area (Å²) < 4.78 is 5.66. The van der Waals surface area contributed by atoms with Crippen molar-refractivity contribution >= 4 is 17.7 Å². The molecule has 0 fully saturated rings. The molecule has 27 heavy (non-hydrogen) atoms. The molecule has 7 heteroatoms. The summed E-state index contributed by atoms with van der Waals surface area (Å²) in [6.45, 7) is 5.56. The van der Waals surface area contributed by atoms with Crippen molar-refractivity contribution in [3.05, 3.63) is 29.8 Å². The van der Waals surface area contributed by atoms with Crippen molar-refractivity contribution in [2.75, 3.05) is 27.2 Å². The van der Waals surface area contributed by atoms with Gasteiger partial charge in [0.1, 0.15) is 5.75 Å². The number of carbonyl (C=O) groups excluding carboxylic acids is 3. The van der Waals surface area contributed by atoms with Crippen LogP contribution in [0.1, 0.15) is 45.2 Å². The summed E-state index contributed by atoms with van der Waals surface area (Å²) >= 11 is 0. The molecule has 1 aromatic rings. The molecule has 1 aromatic carbocycles. The number of likely N-dealkylation sites (N-methyl/N-ethyl adjacent to an activating group) is 1. The summed E-state index contributed by atoms with van der Waals surface area (Å²) in [6.07, 6.45) is 1.37. The molecule has 2 unspecified atom stereocenters. The molecule has 0 spiro atoms. The van der Waals surface area contributed by atoms with Crippen molar-refractivity contribution in [1.82, 2.24) is 15.5 Å². The molecule has 2 atom stereocenters. The van der Waals surface area contributed by atoms with Crippen molar-refractivity contribution in [3.8, 4) is 5.75 Å². The number of nitrogens with one attached hydrogen (secondary N) is 2.